The molecule has 0 aliphatic heterocycles. The van der Waals surface area contributed by atoms with Gasteiger partial charge in [-0.05, 0) is 5.54 Å². The quantitative estimate of drug-likeness (QED) is 0.403. The van der Waals surface area contributed by atoms with Gasteiger partial charge in [-0.2, -0.15) is 0 Å². The maximum Gasteiger partial charge on any atom is 0.264 e. The van der Waals surface area contributed by atoms with Gasteiger partial charge in [0.2, 0.25) is 0 Å². The van der Waals surface area contributed by atoms with Crippen LogP contribution in [0, 0.1) is 0 Å². The molecule has 0 spiro atoms. The fourth-order valence-electron chi connectivity index (χ4n) is 1.63. The average Bonchev–Trinajstić information content (AvgIpc) is 2.06. The molecule has 66 valence electrons. The van der Waals surface area contributed by atoms with Crippen LogP contribution in [-0.4, -0.2) is 11.6 Å². The van der Waals surface area contributed by atoms with Gasteiger partial charge in [0.05, 0.1) is 0 Å². The first kappa shape index (κ1) is 10.4. The number of hydrogen-bond donors (Lipinski definition) is 0. The Labute approximate surface area is 87.2 Å². The van der Waals surface area contributed by atoms with E-state index < -0.39 is 6.69 Å². The highest BCUT2D eigenvalue weighted by molar-refractivity contribution is 9.10. The molecular weight excluding hydrogens is 263 g/mol. The van der Waals surface area contributed by atoms with Gasteiger partial charge in [-0.15, -0.1) is 22.2 Å². The summed E-state index contributed by atoms with van der Waals surface area (Å²) < 4.78 is 0. The van der Waals surface area contributed by atoms with Crippen molar-refractivity contribution in [2.45, 2.75) is 37.6 Å². The summed E-state index contributed by atoms with van der Waals surface area (Å²) >= 11 is 15.9. The maximum absolute atomic E-state index is 6.26. The zero-order valence-corrected chi connectivity index (χ0v) is 10.6. The van der Waals surface area contributed by atoms with E-state index in [4.69, 9.17) is 22.2 Å². The van der Waals surface area contributed by atoms with E-state index in [1.54, 1.807) is 0 Å². The highest BCUT2D eigenvalue weighted by Crippen LogP contribution is 2.41. The summed E-state index contributed by atoms with van der Waals surface area (Å²) in [5, 5.41) is 0. The van der Waals surface area contributed by atoms with Crippen LogP contribution in [0.25, 0.3) is 0 Å². The van der Waals surface area contributed by atoms with Crippen LogP contribution in [0.1, 0.15) is 32.1 Å². The third kappa shape index (κ3) is 2.91. The lowest BCUT2D eigenvalue weighted by Crippen LogP contribution is -2.30. The van der Waals surface area contributed by atoms with Gasteiger partial charge in [0.25, 0.3) is 6.69 Å². The highest BCUT2D eigenvalue weighted by atomic mass is 79.9. The van der Waals surface area contributed by atoms with Gasteiger partial charge in [-0.25, -0.2) is 0 Å². The van der Waals surface area contributed by atoms with E-state index in [1.807, 2.05) is 0 Å². The van der Waals surface area contributed by atoms with Crippen molar-refractivity contribution in [2.24, 2.45) is 0 Å². The Morgan fingerprint density at radius 2 is 1.73 bits per heavy atom. The van der Waals surface area contributed by atoms with E-state index in [0.29, 0.717) is 5.54 Å². The molecule has 1 saturated carbocycles. The first-order valence-corrected chi connectivity index (χ1v) is 9.53. The first-order valence-electron chi connectivity index (χ1n) is 4.10. The minimum absolute atomic E-state index is 0.638. The molecule has 0 unspecified atom stereocenters. The number of rotatable bonds is 2. The molecule has 0 radical (unpaired) electrons. The van der Waals surface area contributed by atoms with E-state index in [9.17, 15) is 0 Å². The monoisotopic (exact) mass is 274 g/mol. The predicted molar refractivity (Wildman–Crippen MR) is 58.1 cm³/mol. The van der Waals surface area contributed by atoms with Crippen molar-refractivity contribution in [1.82, 2.24) is 0 Å². The Hall–Kier alpha value is 1.28. The van der Waals surface area contributed by atoms with Crippen LogP contribution in [0.4, 0.5) is 0 Å². The van der Waals surface area contributed by atoms with Crippen LogP contribution in [0.2, 0.25) is 5.54 Å². The second kappa shape index (κ2) is 4.50. The third-order valence-electron chi connectivity index (χ3n) is 2.38. The van der Waals surface area contributed by atoms with Crippen LogP contribution in [0.15, 0.2) is 0 Å². The molecule has 1 fully saturated rings. The summed E-state index contributed by atoms with van der Waals surface area (Å²) in [5.74, 6) is 0. The van der Waals surface area contributed by atoms with Crippen molar-refractivity contribution < 1.29 is 0 Å². The van der Waals surface area contributed by atoms with Crippen LogP contribution in [0.3, 0.4) is 0 Å². The topological polar surface area (TPSA) is 0 Å². The summed E-state index contributed by atoms with van der Waals surface area (Å²) in [6.45, 7) is -1.92. The van der Waals surface area contributed by atoms with E-state index in [1.165, 1.54) is 32.1 Å². The first-order chi connectivity index (χ1) is 5.17. The van der Waals surface area contributed by atoms with E-state index in [0.717, 1.165) is 4.95 Å². The summed E-state index contributed by atoms with van der Waals surface area (Å²) in [5.41, 5.74) is 0.638. The maximum atomic E-state index is 6.26. The predicted octanol–water partition coefficient (Wildman–Crippen LogP) is 4.17. The summed E-state index contributed by atoms with van der Waals surface area (Å²) in [6, 6.07) is 0. The largest absolute Gasteiger partial charge is 0.264 e. The van der Waals surface area contributed by atoms with Crippen LogP contribution in [-0.2, 0) is 0 Å². The number of hydrogen-bond acceptors (Lipinski definition) is 0. The van der Waals surface area contributed by atoms with Gasteiger partial charge >= 0.3 is 0 Å². The van der Waals surface area contributed by atoms with Gasteiger partial charge in [0, 0.05) is 4.95 Å². The molecule has 0 heterocycles. The lowest BCUT2D eigenvalue weighted by atomic mass is 10.0. The molecular formula is C7H13BrCl2Si. The zero-order chi connectivity index (χ0) is 8.32. The molecule has 0 aromatic heterocycles. The molecule has 0 atom stereocenters. The Kier molecular flexibility index (Phi) is 4.23. The second-order valence-electron chi connectivity index (χ2n) is 3.23. The summed E-state index contributed by atoms with van der Waals surface area (Å²) in [7, 11) is 0. The number of alkyl halides is 1. The molecule has 0 nitrogen and oxygen atoms in total. The van der Waals surface area contributed by atoms with Crippen molar-refractivity contribution in [3.63, 3.8) is 0 Å². The molecule has 0 aromatic rings. The van der Waals surface area contributed by atoms with E-state index in [2.05, 4.69) is 15.9 Å². The van der Waals surface area contributed by atoms with Crippen molar-refractivity contribution in [1.29, 1.82) is 0 Å². The third-order valence-corrected chi connectivity index (χ3v) is 11.8. The zero-order valence-electron chi connectivity index (χ0n) is 6.45. The minimum Gasteiger partial charge on any atom is -0.145 e. The smallest absolute Gasteiger partial charge is 0.145 e. The van der Waals surface area contributed by atoms with Crippen molar-refractivity contribution in [2.75, 3.05) is 4.95 Å². The Bertz CT molecular complexity index is 124. The van der Waals surface area contributed by atoms with Crippen molar-refractivity contribution >= 4 is 44.8 Å². The van der Waals surface area contributed by atoms with Crippen molar-refractivity contribution in [3.05, 3.63) is 0 Å². The molecule has 0 bridgehead atoms. The van der Waals surface area contributed by atoms with E-state index >= 15 is 0 Å². The molecule has 0 amide bonds. The molecule has 1 aliphatic rings. The lowest BCUT2D eigenvalue weighted by Gasteiger charge is -2.29. The highest BCUT2D eigenvalue weighted by Gasteiger charge is 2.37. The van der Waals surface area contributed by atoms with Crippen molar-refractivity contribution in [3.8, 4) is 0 Å². The Balaban J connectivity index is 2.43. The molecule has 1 rings (SSSR count). The number of halogens is 3. The lowest BCUT2D eigenvalue weighted by molar-refractivity contribution is 0.498. The summed E-state index contributed by atoms with van der Waals surface area (Å²) in [4.78, 5) is 0.827. The molecule has 0 N–H and O–H groups in total. The normalized spacial score (nSPS) is 22.1. The second-order valence-corrected chi connectivity index (χ2v) is 12.1. The average molecular weight is 276 g/mol. The molecule has 0 aromatic carbocycles. The molecule has 1 aliphatic carbocycles. The van der Waals surface area contributed by atoms with Gasteiger partial charge in [0.15, 0.2) is 0 Å². The van der Waals surface area contributed by atoms with Gasteiger partial charge in [-0.1, -0.05) is 48.0 Å². The fourth-order valence-corrected chi connectivity index (χ4v) is 5.79. The Morgan fingerprint density at radius 3 is 2.18 bits per heavy atom. The molecule has 4 heteroatoms. The van der Waals surface area contributed by atoms with Gasteiger partial charge < -0.3 is 0 Å². The van der Waals surface area contributed by atoms with E-state index in [-0.39, 0.29) is 0 Å². The van der Waals surface area contributed by atoms with Crippen LogP contribution in [0.5, 0.6) is 0 Å². The van der Waals surface area contributed by atoms with Crippen LogP contribution < -0.4 is 0 Å². The van der Waals surface area contributed by atoms with Crippen LogP contribution >= 0.6 is 38.1 Å². The minimum atomic E-state index is -1.92. The summed E-state index contributed by atoms with van der Waals surface area (Å²) in [6.07, 6.45) is 6.53. The van der Waals surface area contributed by atoms with Gasteiger partial charge in [-0.3, -0.25) is 0 Å². The van der Waals surface area contributed by atoms with Gasteiger partial charge in [0.1, 0.15) is 0 Å². The SMILES string of the molecule is Cl[Si](Cl)(CBr)C1CCCCC1. The standard InChI is InChI=1S/C7H13BrCl2Si/c8-6-11(9,10)7-4-2-1-3-5-7/h7H,1-6H2. The fraction of sp³-hybridized carbons (Fsp3) is 1.00. The Morgan fingerprint density at radius 1 is 1.18 bits per heavy atom. The molecule has 0 saturated heterocycles. The molecule has 11 heavy (non-hydrogen) atoms.